The van der Waals surface area contributed by atoms with E-state index in [1.165, 1.54) is 12.1 Å². The van der Waals surface area contributed by atoms with Crippen molar-refractivity contribution in [2.24, 2.45) is 0 Å². The van der Waals surface area contributed by atoms with Gasteiger partial charge in [-0.1, -0.05) is 24.3 Å². The normalized spacial score (nSPS) is 16.5. The number of hydrogen-bond acceptors (Lipinski definition) is 5. The molecule has 1 aliphatic carbocycles. The molecule has 188 valence electrons. The number of fused-ring (bicyclic) bond motifs is 2. The van der Waals surface area contributed by atoms with E-state index in [2.05, 4.69) is 5.32 Å². The molecular formula is C29H26FN3O4. The number of carboxylic acid groups (broad SMARTS) is 1. The lowest BCUT2D eigenvalue weighted by Crippen LogP contribution is -2.33. The van der Waals surface area contributed by atoms with Crippen LogP contribution >= 0.6 is 0 Å². The zero-order valence-corrected chi connectivity index (χ0v) is 20.0. The maximum atomic E-state index is 13.5. The van der Waals surface area contributed by atoms with Crippen LogP contribution in [0, 0.1) is 5.82 Å². The van der Waals surface area contributed by atoms with Crippen molar-refractivity contribution in [1.82, 2.24) is 15.3 Å². The van der Waals surface area contributed by atoms with Gasteiger partial charge in [0.05, 0.1) is 34.6 Å². The number of nitrogens with zero attached hydrogens (tertiary/aromatic N) is 2. The van der Waals surface area contributed by atoms with Crippen LogP contribution in [0.15, 0.2) is 66.7 Å². The third-order valence-corrected chi connectivity index (χ3v) is 6.66. The van der Waals surface area contributed by atoms with Crippen molar-refractivity contribution < 1.29 is 24.2 Å². The predicted molar refractivity (Wildman–Crippen MR) is 136 cm³/mol. The molecule has 7 nitrogen and oxygen atoms in total. The number of carbonyl (C=O) groups is 2. The topological polar surface area (TPSA) is 112 Å². The summed E-state index contributed by atoms with van der Waals surface area (Å²) in [5, 5.41) is 22.4. The van der Waals surface area contributed by atoms with Gasteiger partial charge in [0.2, 0.25) is 0 Å². The second-order valence-electron chi connectivity index (χ2n) is 9.25. The van der Waals surface area contributed by atoms with Crippen LogP contribution in [0.25, 0.3) is 22.3 Å². The fourth-order valence-corrected chi connectivity index (χ4v) is 4.79. The number of hydrogen-bond donors (Lipinski definition) is 3. The number of carboxylic acids is 1. The molecule has 1 amide bonds. The van der Waals surface area contributed by atoms with Gasteiger partial charge in [0.25, 0.3) is 5.91 Å². The van der Waals surface area contributed by atoms with Gasteiger partial charge in [-0.2, -0.15) is 0 Å². The van der Waals surface area contributed by atoms with E-state index in [9.17, 15) is 19.1 Å². The van der Waals surface area contributed by atoms with E-state index in [1.54, 1.807) is 30.3 Å². The Morgan fingerprint density at radius 1 is 0.973 bits per heavy atom. The van der Waals surface area contributed by atoms with Crippen LogP contribution in [0.4, 0.5) is 4.39 Å². The maximum Gasteiger partial charge on any atom is 0.303 e. The van der Waals surface area contributed by atoms with E-state index in [4.69, 9.17) is 15.1 Å². The molecule has 3 N–H and O–H groups in total. The number of aliphatic carboxylic acids is 1. The summed E-state index contributed by atoms with van der Waals surface area (Å²) in [5.41, 5.74) is 5.40. The molecule has 0 radical (unpaired) electrons. The molecule has 0 spiro atoms. The largest absolute Gasteiger partial charge is 0.481 e. The number of aliphatic hydroxyl groups is 1. The average Bonchev–Trinajstić information content (AvgIpc) is 3.21. The van der Waals surface area contributed by atoms with Crippen molar-refractivity contribution in [1.29, 1.82) is 0 Å². The number of unbranched alkanes of at least 4 members (excludes halogenated alkanes) is 1. The minimum atomic E-state index is -0.853. The Bertz CT molecular complexity index is 1470. The van der Waals surface area contributed by atoms with E-state index in [0.29, 0.717) is 59.2 Å². The smallest absolute Gasteiger partial charge is 0.303 e. The van der Waals surface area contributed by atoms with Crippen molar-refractivity contribution >= 4 is 22.9 Å². The van der Waals surface area contributed by atoms with E-state index in [-0.39, 0.29) is 18.1 Å². The molecule has 4 aromatic rings. The Kier molecular flexibility index (Phi) is 6.92. The van der Waals surface area contributed by atoms with Gasteiger partial charge in [-0.15, -0.1) is 0 Å². The van der Waals surface area contributed by atoms with Gasteiger partial charge in [-0.05, 0) is 72.9 Å². The van der Waals surface area contributed by atoms with Crippen molar-refractivity contribution in [2.75, 3.05) is 0 Å². The van der Waals surface area contributed by atoms with Crippen molar-refractivity contribution in [2.45, 2.75) is 44.2 Å². The number of amides is 1. The van der Waals surface area contributed by atoms with Crippen LogP contribution < -0.4 is 5.32 Å². The average molecular weight is 500 g/mol. The van der Waals surface area contributed by atoms with Crippen molar-refractivity contribution in [3.8, 4) is 11.3 Å². The van der Waals surface area contributed by atoms with E-state index in [1.807, 2.05) is 24.3 Å². The minimum absolute atomic E-state index is 0.0629. The fraction of sp³-hybridized carbons (Fsp3) is 0.241. The van der Waals surface area contributed by atoms with E-state index in [0.717, 1.165) is 11.1 Å². The maximum absolute atomic E-state index is 13.5. The predicted octanol–water partition coefficient (Wildman–Crippen LogP) is 4.62. The number of rotatable bonds is 8. The van der Waals surface area contributed by atoms with Gasteiger partial charge < -0.3 is 15.5 Å². The van der Waals surface area contributed by atoms with Gasteiger partial charge in [0, 0.05) is 24.0 Å². The second kappa shape index (κ2) is 10.4. The number of benzene rings is 3. The highest BCUT2D eigenvalue weighted by Crippen LogP contribution is 2.32. The number of halogens is 1. The Hall–Kier alpha value is -4.17. The highest BCUT2D eigenvalue weighted by Gasteiger charge is 2.32. The molecular weight excluding hydrogens is 473 g/mol. The summed E-state index contributed by atoms with van der Waals surface area (Å²) in [4.78, 5) is 33.6. The standard InChI is InChI=1S/C29H26FN3O4/c30-20-12-9-17(10-13-20)27-23(7-3-4-8-26(35)36)31-24-15-19(11-14-22(24)32-27)29(37)33-28-21-6-2-1-5-18(21)16-25(28)34/h1-2,5-6,9-15,25,28,34H,3-4,7-8,16H2,(H,33,37)(H,35,36)/t25-,28-/m1/s1. The van der Waals surface area contributed by atoms with Crippen LogP contribution in [-0.4, -0.2) is 38.2 Å². The van der Waals surface area contributed by atoms with Gasteiger partial charge >= 0.3 is 5.97 Å². The van der Waals surface area contributed by atoms with E-state index >= 15 is 0 Å². The molecule has 2 atom stereocenters. The summed E-state index contributed by atoms with van der Waals surface area (Å²) in [7, 11) is 0. The summed E-state index contributed by atoms with van der Waals surface area (Å²) in [5.74, 6) is -1.53. The molecule has 1 aliphatic rings. The van der Waals surface area contributed by atoms with Gasteiger partial charge in [-0.3, -0.25) is 9.59 Å². The number of aryl methyl sites for hydroxylation is 1. The Balaban J connectivity index is 1.44. The van der Waals surface area contributed by atoms with Crippen LogP contribution in [0.2, 0.25) is 0 Å². The number of carbonyl (C=O) groups excluding carboxylic acids is 1. The first-order valence-corrected chi connectivity index (χ1v) is 12.2. The summed E-state index contributed by atoms with van der Waals surface area (Å²) >= 11 is 0. The zero-order valence-electron chi connectivity index (χ0n) is 20.0. The lowest BCUT2D eigenvalue weighted by Gasteiger charge is -2.18. The van der Waals surface area contributed by atoms with Crippen LogP contribution in [-0.2, 0) is 17.6 Å². The molecule has 37 heavy (non-hydrogen) atoms. The molecule has 0 fully saturated rings. The molecule has 0 unspecified atom stereocenters. The monoisotopic (exact) mass is 499 g/mol. The van der Waals surface area contributed by atoms with Crippen LogP contribution in [0.3, 0.4) is 0 Å². The molecule has 0 saturated heterocycles. The molecule has 3 aromatic carbocycles. The summed E-state index contributed by atoms with van der Waals surface area (Å²) in [6.45, 7) is 0. The highest BCUT2D eigenvalue weighted by molar-refractivity contribution is 5.97. The Morgan fingerprint density at radius 3 is 2.54 bits per heavy atom. The SMILES string of the molecule is O=C(O)CCCCc1nc2cc(C(=O)N[C@@H]3c4ccccc4C[C@H]3O)ccc2nc1-c1ccc(F)cc1. The summed E-state index contributed by atoms with van der Waals surface area (Å²) < 4.78 is 13.5. The minimum Gasteiger partial charge on any atom is -0.481 e. The quantitative estimate of drug-likeness (QED) is 0.305. The molecule has 0 aliphatic heterocycles. The third-order valence-electron chi connectivity index (χ3n) is 6.66. The first-order chi connectivity index (χ1) is 17.9. The Labute approximate surface area is 213 Å². The molecule has 5 rings (SSSR count). The van der Waals surface area contributed by atoms with Crippen LogP contribution in [0.1, 0.15) is 52.5 Å². The number of nitrogens with one attached hydrogen (secondary N) is 1. The summed E-state index contributed by atoms with van der Waals surface area (Å²) in [6.07, 6.45) is 1.43. The molecule has 0 saturated carbocycles. The third kappa shape index (κ3) is 5.34. The number of aromatic nitrogens is 2. The Morgan fingerprint density at radius 2 is 1.76 bits per heavy atom. The van der Waals surface area contributed by atoms with Crippen molar-refractivity contribution in [3.05, 3.63) is 94.9 Å². The molecule has 1 heterocycles. The lowest BCUT2D eigenvalue weighted by atomic mass is 10.0. The first-order valence-electron chi connectivity index (χ1n) is 12.2. The van der Waals surface area contributed by atoms with Crippen LogP contribution in [0.5, 0.6) is 0 Å². The fourth-order valence-electron chi connectivity index (χ4n) is 4.79. The second-order valence-corrected chi connectivity index (χ2v) is 9.25. The highest BCUT2D eigenvalue weighted by atomic mass is 19.1. The molecule has 0 bridgehead atoms. The lowest BCUT2D eigenvalue weighted by molar-refractivity contribution is -0.137. The van der Waals surface area contributed by atoms with Gasteiger partial charge in [-0.25, -0.2) is 14.4 Å². The summed E-state index contributed by atoms with van der Waals surface area (Å²) in [6, 6.07) is 18.2. The first kappa shape index (κ1) is 24.5. The van der Waals surface area contributed by atoms with Crippen molar-refractivity contribution in [3.63, 3.8) is 0 Å². The van der Waals surface area contributed by atoms with Gasteiger partial charge in [0.1, 0.15) is 5.82 Å². The van der Waals surface area contributed by atoms with Gasteiger partial charge in [0.15, 0.2) is 0 Å². The molecule has 1 aromatic heterocycles. The zero-order chi connectivity index (χ0) is 25.9. The number of aliphatic hydroxyl groups excluding tert-OH is 1. The van der Waals surface area contributed by atoms with E-state index < -0.39 is 18.1 Å². The molecule has 8 heteroatoms.